The van der Waals surface area contributed by atoms with Crippen LogP contribution in [0.3, 0.4) is 0 Å². The number of nitrogens with zero attached hydrogens (tertiary/aromatic N) is 3. The molecule has 0 spiro atoms. The van der Waals surface area contributed by atoms with E-state index in [9.17, 15) is 23.1 Å². The lowest BCUT2D eigenvalue weighted by Gasteiger charge is -2.22. The van der Waals surface area contributed by atoms with Crippen LogP contribution in [0.15, 0.2) is 30.5 Å². The van der Waals surface area contributed by atoms with Gasteiger partial charge in [-0.2, -0.15) is 13.2 Å². The molecule has 27 heavy (non-hydrogen) atoms. The van der Waals surface area contributed by atoms with Crippen LogP contribution in [0, 0.1) is 0 Å². The molecule has 1 aromatic heterocycles. The second-order valence-electron chi connectivity index (χ2n) is 6.41. The number of hydrogen-bond donors (Lipinski definition) is 3. The summed E-state index contributed by atoms with van der Waals surface area (Å²) in [5, 5.41) is 23.6. The summed E-state index contributed by atoms with van der Waals surface area (Å²) in [6.45, 7) is 1.50. The maximum Gasteiger partial charge on any atom is 0.416 e. The fourth-order valence-electron chi connectivity index (χ4n) is 2.95. The Hall–Kier alpha value is -2.46. The minimum absolute atomic E-state index is 0.0727. The Morgan fingerprint density at radius 3 is 2.81 bits per heavy atom. The topological polar surface area (TPSA) is 92.1 Å². The first-order chi connectivity index (χ1) is 12.8. The molecule has 1 atom stereocenters. The van der Waals surface area contributed by atoms with Crippen molar-refractivity contribution in [3.8, 4) is 0 Å². The molecule has 10 heteroatoms. The van der Waals surface area contributed by atoms with E-state index in [0.29, 0.717) is 0 Å². The Labute approximate surface area is 153 Å². The highest BCUT2D eigenvalue weighted by molar-refractivity contribution is 5.91. The summed E-state index contributed by atoms with van der Waals surface area (Å²) < 4.78 is 39.9. The van der Waals surface area contributed by atoms with Gasteiger partial charge in [-0.25, -0.2) is 4.68 Å². The van der Waals surface area contributed by atoms with Crippen LogP contribution in [0.2, 0.25) is 0 Å². The first-order valence-corrected chi connectivity index (χ1v) is 8.60. The van der Waals surface area contributed by atoms with Gasteiger partial charge >= 0.3 is 6.18 Å². The van der Waals surface area contributed by atoms with Gasteiger partial charge in [0.05, 0.1) is 23.9 Å². The number of alkyl halides is 3. The number of halogens is 3. The first kappa shape index (κ1) is 19.3. The summed E-state index contributed by atoms with van der Waals surface area (Å²) >= 11 is 0. The molecule has 2 heterocycles. The molecule has 1 aliphatic heterocycles. The zero-order valence-corrected chi connectivity index (χ0v) is 14.4. The van der Waals surface area contributed by atoms with Crippen molar-refractivity contribution in [3.05, 3.63) is 47.3 Å². The van der Waals surface area contributed by atoms with Gasteiger partial charge in [0.2, 0.25) is 0 Å². The summed E-state index contributed by atoms with van der Waals surface area (Å²) in [5.74, 6) is -0.541. The lowest BCUT2D eigenvalue weighted by Crippen LogP contribution is -2.30. The van der Waals surface area contributed by atoms with Crippen LogP contribution >= 0.6 is 0 Å². The minimum atomic E-state index is -4.49. The molecular formula is C17H20F3N5O2. The smallest absolute Gasteiger partial charge is 0.387 e. The quantitative estimate of drug-likeness (QED) is 0.731. The number of amides is 1. The molecule has 1 fully saturated rings. The molecule has 0 radical (unpaired) electrons. The number of benzene rings is 1. The van der Waals surface area contributed by atoms with Gasteiger partial charge in [0, 0.05) is 6.54 Å². The summed E-state index contributed by atoms with van der Waals surface area (Å²) in [4.78, 5) is 12.2. The van der Waals surface area contributed by atoms with Crippen molar-refractivity contribution < 1.29 is 23.1 Å². The second kappa shape index (κ2) is 8.05. The molecule has 3 rings (SSSR count). The van der Waals surface area contributed by atoms with E-state index in [2.05, 4.69) is 20.9 Å². The van der Waals surface area contributed by atoms with Crippen molar-refractivity contribution in [1.82, 2.24) is 25.6 Å². The Kier molecular flexibility index (Phi) is 5.76. The largest absolute Gasteiger partial charge is 0.416 e. The van der Waals surface area contributed by atoms with Gasteiger partial charge in [0.1, 0.15) is 0 Å². The zero-order chi connectivity index (χ0) is 19.4. The molecule has 146 valence electrons. The summed E-state index contributed by atoms with van der Waals surface area (Å²) in [6, 6.07) is 4.56. The predicted molar refractivity (Wildman–Crippen MR) is 89.9 cm³/mol. The van der Waals surface area contributed by atoms with E-state index in [4.69, 9.17) is 0 Å². The van der Waals surface area contributed by atoms with E-state index < -0.39 is 23.8 Å². The number of carbonyl (C=O) groups is 1. The molecular weight excluding hydrogens is 363 g/mol. The van der Waals surface area contributed by atoms with Crippen molar-refractivity contribution in [2.24, 2.45) is 0 Å². The number of hydrogen-bond acceptors (Lipinski definition) is 5. The molecule has 1 aromatic carbocycles. The maximum absolute atomic E-state index is 12.7. The van der Waals surface area contributed by atoms with E-state index in [1.54, 1.807) is 10.9 Å². The molecule has 1 unspecified atom stereocenters. The molecule has 1 saturated heterocycles. The first-order valence-electron chi connectivity index (χ1n) is 8.60. The van der Waals surface area contributed by atoms with E-state index in [0.717, 1.165) is 38.1 Å². The lowest BCUT2D eigenvalue weighted by atomic mass is 10.1. The van der Waals surface area contributed by atoms with Crippen molar-refractivity contribution >= 4 is 5.91 Å². The average molecular weight is 383 g/mol. The maximum atomic E-state index is 12.7. The number of rotatable bonds is 5. The zero-order valence-electron chi connectivity index (χ0n) is 14.4. The van der Waals surface area contributed by atoms with Crippen LogP contribution < -0.4 is 10.6 Å². The summed E-state index contributed by atoms with van der Waals surface area (Å²) in [7, 11) is 0. The summed E-state index contributed by atoms with van der Waals surface area (Å²) in [5.41, 5.74) is -0.677. The Morgan fingerprint density at radius 2 is 2.11 bits per heavy atom. The van der Waals surface area contributed by atoms with E-state index in [-0.39, 0.29) is 23.8 Å². The molecule has 2 aromatic rings. The van der Waals surface area contributed by atoms with Crippen LogP contribution in [0.4, 0.5) is 13.2 Å². The standard InChI is InChI=1S/C17H20F3N5O2/c18-17(19,20)12-3-1-2-11(8-12)15(26)9-22-16(27)14-10-25(24-23-14)13-4-6-21-7-5-13/h1-3,8,10,13,15,21,26H,4-7,9H2,(H,22,27). The SMILES string of the molecule is O=C(NCC(O)c1cccc(C(F)(F)F)c1)c1cn(C2CCNCC2)nn1. The Bertz CT molecular complexity index is 787. The van der Waals surface area contributed by atoms with Crippen LogP contribution in [-0.4, -0.2) is 45.6 Å². The fraction of sp³-hybridized carbons (Fsp3) is 0.471. The van der Waals surface area contributed by atoms with Crippen molar-refractivity contribution in [2.75, 3.05) is 19.6 Å². The van der Waals surface area contributed by atoms with Crippen molar-refractivity contribution in [3.63, 3.8) is 0 Å². The molecule has 0 saturated carbocycles. The van der Waals surface area contributed by atoms with Crippen molar-refractivity contribution in [1.29, 1.82) is 0 Å². The van der Waals surface area contributed by atoms with Crippen LogP contribution in [0.25, 0.3) is 0 Å². The minimum Gasteiger partial charge on any atom is -0.387 e. The van der Waals surface area contributed by atoms with E-state index in [1.165, 1.54) is 12.1 Å². The predicted octanol–water partition coefficient (Wildman–Crippen LogP) is 1.68. The average Bonchev–Trinajstić information content (AvgIpc) is 3.16. The van der Waals surface area contributed by atoms with E-state index in [1.807, 2.05) is 0 Å². The lowest BCUT2D eigenvalue weighted by molar-refractivity contribution is -0.137. The molecule has 3 N–H and O–H groups in total. The number of carbonyl (C=O) groups excluding carboxylic acids is 1. The Morgan fingerprint density at radius 1 is 1.37 bits per heavy atom. The second-order valence-corrected chi connectivity index (χ2v) is 6.41. The number of aliphatic hydroxyl groups is 1. The van der Waals surface area contributed by atoms with Gasteiger partial charge < -0.3 is 15.7 Å². The molecule has 7 nitrogen and oxygen atoms in total. The number of aromatic nitrogens is 3. The van der Waals surface area contributed by atoms with Crippen LogP contribution in [-0.2, 0) is 6.18 Å². The van der Waals surface area contributed by atoms with Gasteiger partial charge in [0.25, 0.3) is 5.91 Å². The number of nitrogens with one attached hydrogen (secondary N) is 2. The highest BCUT2D eigenvalue weighted by Gasteiger charge is 2.31. The fourth-order valence-corrected chi connectivity index (χ4v) is 2.95. The highest BCUT2D eigenvalue weighted by atomic mass is 19.4. The third-order valence-electron chi connectivity index (χ3n) is 4.48. The van der Waals surface area contributed by atoms with Gasteiger partial charge in [-0.1, -0.05) is 17.3 Å². The van der Waals surface area contributed by atoms with E-state index >= 15 is 0 Å². The molecule has 0 aliphatic carbocycles. The molecule has 0 bridgehead atoms. The molecule has 1 amide bonds. The van der Waals surface area contributed by atoms with Gasteiger partial charge in [-0.05, 0) is 43.6 Å². The summed E-state index contributed by atoms with van der Waals surface area (Å²) in [6.07, 6.45) is -2.44. The monoisotopic (exact) mass is 383 g/mol. The van der Waals surface area contributed by atoms with Crippen LogP contribution in [0.1, 0.15) is 46.6 Å². The third-order valence-corrected chi connectivity index (χ3v) is 4.48. The van der Waals surface area contributed by atoms with Gasteiger partial charge in [-0.15, -0.1) is 5.10 Å². The Balaban J connectivity index is 1.58. The van der Waals surface area contributed by atoms with Gasteiger partial charge in [0.15, 0.2) is 5.69 Å². The number of aliphatic hydroxyl groups excluding tert-OH is 1. The highest BCUT2D eigenvalue weighted by Crippen LogP contribution is 2.30. The molecule has 1 aliphatic rings. The normalized spacial score (nSPS) is 16.9. The van der Waals surface area contributed by atoms with Gasteiger partial charge in [-0.3, -0.25) is 4.79 Å². The van der Waals surface area contributed by atoms with Crippen molar-refractivity contribution in [2.45, 2.75) is 31.2 Å². The number of piperidine rings is 1. The third kappa shape index (κ3) is 4.83. The van der Waals surface area contributed by atoms with Crippen LogP contribution in [0.5, 0.6) is 0 Å².